The van der Waals surface area contributed by atoms with Gasteiger partial charge >= 0.3 is 5.97 Å². The molecule has 3 heteroatoms. The Labute approximate surface area is 59.0 Å². The Bertz CT molecular complexity index is 166. The summed E-state index contributed by atoms with van der Waals surface area (Å²) < 4.78 is 5.27. The highest BCUT2D eigenvalue weighted by atomic mass is 16.5. The number of carboxylic acid groups (broad SMARTS) is 1. The fraction of sp³-hybridized carbons (Fsp3) is 0.857. The van der Waals surface area contributed by atoms with Crippen molar-refractivity contribution >= 4 is 5.97 Å². The quantitative estimate of drug-likeness (QED) is 0.579. The van der Waals surface area contributed by atoms with E-state index in [4.69, 9.17) is 9.84 Å². The van der Waals surface area contributed by atoms with Crippen LogP contribution in [0.5, 0.6) is 0 Å². The summed E-state index contributed by atoms with van der Waals surface area (Å²) in [5.41, 5.74) is 0. The normalized spacial score (nSPS) is 44.2. The van der Waals surface area contributed by atoms with Crippen LogP contribution in [0.4, 0.5) is 0 Å². The van der Waals surface area contributed by atoms with Crippen LogP contribution in [-0.4, -0.2) is 23.8 Å². The first-order chi connectivity index (χ1) is 4.77. The minimum atomic E-state index is -0.643. The largest absolute Gasteiger partial charge is 0.481 e. The summed E-state index contributed by atoms with van der Waals surface area (Å²) in [6, 6.07) is 0. The Morgan fingerprint density at radius 1 is 1.50 bits per heavy atom. The van der Waals surface area contributed by atoms with Gasteiger partial charge in [-0.2, -0.15) is 0 Å². The molecule has 0 spiro atoms. The second-order valence-corrected chi connectivity index (χ2v) is 3.13. The molecule has 10 heavy (non-hydrogen) atoms. The van der Waals surface area contributed by atoms with Crippen molar-refractivity contribution in [3.8, 4) is 0 Å². The van der Waals surface area contributed by atoms with Gasteiger partial charge in [0.2, 0.25) is 0 Å². The molecule has 1 N–H and O–H groups in total. The van der Waals surface area contributed by atoms with Crippen molar-refractivity contribution < 1.29 is 14.6 Å². The molecular weight excluding hydrogens is 132 g/mol. The van der Waals surface area contributed by atoms with Crippen LogP contribution in [-0.2, 0) is 9.53 Å². The fourth-order valence-electron chi connectivity index (χ4n) is 1.96. The molecule has 2 aliphatic rings. The number of fused-ring (bicyclic) bond motifs is 2. The van der Waals surface area contributed by atoms with Gasteiger partial charge in [-0.25, -0.2) is 0 Å². The van der Waals surface area contributed by atoms with Crippen LogP contribution in [0.2, 0.25) is 0 Å². The molecule has 0 aromatic carbocycles. The Morgan fingerprint density at radius 2 is 2.30 bits per heavy atom. The van der Waals surface area contributed by atoms with Gasteiger partial charge in [0.25, 0.3) is 0 Å². The van der Waals surface area contributed by atoms with E-state index >= 15 is 0 Å². The molecule has 1 aliphatic heterocycles. The molecule has 2 rings (SSSR count). The zero-order valence-corrected chi connectivity index (χ0v) is 5.62. The van der Waals surface area contributed by atoms with Crippen molar-refractivity contribution in [2.45, 2.75) is 18.9 Å². The second-order valence-electron chi connectivity index (χ2n) is 3.13. The lowest BCUT2D eigenvalue weighted by Crippen LogP contribution is -2.24. The van der Waals surface area contributed by atoms with Crippen LogP contribution < -0.4 is 0 Å². The number of aliphatic carboxylic acids is 1. The lowest BCUT2D eigenvalue weighted by Gasteiger charge is -2.16. The second kappa shape index (κ2) is 1.95. The molecule has 0 amide bonds. The van der Waals surface area contributed by atoms with E-state index in [1.54, 1.807) is 0 Å². The number of hydrogen-bond acceptors (Lipinski definition) is 2. The summed E-state index contributed by atoms with van der Waals surface area (Å²) in [7, 11) is 0. The summed E-state index contributed by atoms with van der Waals surface area (Å²) in [4.78, 5) is 10.5. The highest BCUT2D eigenvalue weighted by Gasteiger charge is 2.44. The smallest absolute Gasteiger partial charge is 0.306 e. The van der Waals surface area contributed by atoms with Gasteiger partial charge in [0.05, 0.1) is 18.6 Å². The predicted octanol–water partition coefficient (Wildman–Crippen LogP) is 0.496. The van der Waals surface area contributed by atoms with E-state index in [0.717, 1.165) is 12.8 Å². The van der Waals surface area contributed by atoms with Crippen molar-refractivity contribution in [2.24, 2.45) is 11.8 Å². The number of carboxylic acids is 1. The average molecular weight is 142 g/mol. The maximum absolute atomic E-state index is 10.5. The first kappa shape index (κ1) is 6.16. The van der Waals surface area contributed by atoms with E-state index in [0.29, 0.717) is 12.5 Å². The van der Waals surface area contributed by atoms with Crippen LogP contribution in [0.1, 0.15) is 12.8 Å². The molecule has 0 aromatic rings. The SMILES string of the molecule is O=C(O)C1CC2CC1CO2. The van der Waals surface area contributed by atoms with Gasteiger partial charge in [0.15, 0.2) is 0 Å². The zero-order chi connectivity index (χ0) is 7.14. The van der Waals surface area contributed by atoms with Crippen LogP contribution >= 0.6 is 0 Å². The van der Waals surface area contributed by atoms with Gasteiger partial charge in [-0.05, 0) is 18.8 Å². The molecule has 3 nitrogen and oxygen atoms in total. The summed E-state index contributed by atoms with van der Waals surface area (Å²) in [6.45, 7) is 0.668. The van der Waals surface area contributed by atoms with E-state index < -0.39 is 5.97 Å². The van der Waals surface area contributed by atoms with Crippen molar-refractivity contribution in [1.29, 1.82) is 0 Å². The van der Waals surface area contributed by atoms with Gasteiger partial charge in [0, 0.05) is 0 Å². The molecule has 1 saturated heterocycles. The fourth-order valence-corrected chi connectivity index (χ4v) is 1.96. The van der Waals surface area contributed by atoms with Crippen LogP contribution in [0.3, 0.4) is 0 Å². The van der Waals surface area contributed by atoms with E-state index in [1.807, 2.05) is 0 Å². The Hall–Kier alpha value is -0.570. The molecular formula is C7H10O3. The molecule has 1 heterocycles. The van der Waals surface area contributed by atoms with E-state index in [9.17, 15) is 4.79 Å². The van der Waals surface area contributed by atoms with Gasteiger partial charge in [-0.1, -0.05) is 0 Å². The third-order valence-corrected chi connectivity index (χ3v) is 2.51. The maximum Gasteiger partial charge on any atom is 0.306 e. The number of carbonyl (C=O) groups is 1. The molecule has 0 radical (unpaired) electrons. The predicted molar refractivity (Wildman–Crippen MR) is 33.6 cm³/mol. The van der Waals surface area contributed by atoms with Gasteiger partial charge in [-0.3, -0.25) is 4.79 Å². The van der Waals surface area contributed by atoms with Crippen LogP contribution in [0.25, 0.3) is 0 Å². The zero-order valence-electron chi connectivity index (χ0n) is 5.62. The number of hydrogen-bond donors (Lipinski definition) is 1. The van der Waals surface area contributed by atoms with Crippen molar-refractivity contribution in [2.75, 3.05) is 6.61 Å². The van der Waals surface area contributed by atoms with Crippen molar-refractivity contribution in [1.82, 2.24) is 0 Å². The lowest BCUT2D eigenvalue weighted by atomic mass is 9.97. The summed E-state index contributed by atoms with van der Waals surface area (Å²) in [5, 5.41) is 8.68. The first-order valence-electron chi connectivity index (χ1n) is 3.62. The molecule has 1 aliphatic carbocycles. The van der Waals surface area contributed by atoms with Crippen molar-refractivity contribution in [3.63, 3.8) is 0 Å². The van der Waals surface area contributed by atoms with Gasteiger partial charge < -0.3 is 9.84 Å². The molecule has 3 atom stereocenters. The minimum Gasteiger partial charge on any atom is -0.481 e. The molecule has 3 unspecified atom stereocenters. The lowest BCUT2D eigenvalue weighted by molar-refractivity contribution is -0.145. The molecule has 0 aromatic heterocycles. The number of rotatable bonds is 1. The third kappa shape index (κ3) is 0.736. The Balaban J connectivity index is 2.08. The highest BCUT2D eigenvalue weighted by Crippen LogP contribution is 2.39. The Kier molecular flexibility index (Phi) is 1.20. The summed E-state index contributed by atoms with van der Waals surface area (Å²) in [5.74, 6) is -0.447. The van der Waals surface area contributed by atoms with Crippen molar-refractivity contribution in [3.05, 3.63) is 0 Å². The highest BCUT2D eigenvalue weighted by molar-refractivity contribution is 5.71. The van der Waals surface area contributed by atoms with Crippen LogP contribution in [0.15, 0.2) is 0 Å². The standard InChI is InChI=1S/C7H10O3/c8-7(9)6-2-5-1-4(6)3-10-5/h4-6H,1-3H2,(H,8,9). The van der Waals surface area contributed by atoms with E-state index in [1.165, 1.54) is 0 Å². The monoisotopic (exact) mass is 142 g/mol. The van der Waals surface area contributed by atoms with Gasteiger partial charge in [-0.15, -0.1) is 0 Å². The van der Waals surface area contributed by atoms with Gasteiger partial charge in [0.1, 0.15) is 0 Å². The van der Waals surface area contributed by atoms with E-state index in [2.05, 4.69) is 0 Å². The number of ether oxygens (including phenoxy) is 1. The molecule has 56 valence electrons. The topological polar surface area (TPSA) is 46.5 Å². The van der Waals surface area contributed by atoms with E-state index in [-0.39, 0.29) is 12.0 Å². The Morgan fingerprint density at radius 3 is 2.60 bits per heavy atom. The first-order valence-corrected chi connectivity index (χ1v) is 3.62. The maximum atomic E-state index is 10.5. The summed E-state index contributed by atoms with van der Waals surface area (Å²) >= 11 is 0. The minimum absolute atomic E-state index is 0.112. The average Bonchev–Trinajstić information content (AvgIpc) is 2.44. The molecule has 1 saturated carbocycles. The third-order valence-electron chi connectivity index (χ3n) is 2.51. The summed E-state index contributed by atoms with van der Waals surface area (Å²) in [6.07, 6.45) is 1.96. The molecule has 2 bridgehead atoms. The van der Waals surface area contributed by atoms with Crippen LogP contribution in [0, 0.1) is 11.8 Å². The molecule has 2 fully saturated rings.